The third kappa shape index (κ3) is 3.67. The summed E-state index contributed by atoms with van der Waals surface area (Å²) < 4.78 is 5.46. The smallest absolute Gasteiger partial charge is 0.265 e. The van der Waals surface area contributed by atoms with Crippen LogP contribution < -0.4 is 9.64 Å². The van der Waals surface area contributed by atoms with E-state index in [4.69, 9.17) is 16.3 Å². The number of fused-ring (bicyclic) bond motifs is 1. The first kappa shape index (κ1) is 19.0. The van der Waals surface area contributed by atoms with Gasteiger partial charge in [0.1, 0.15) is 5.75 Å². The Labute approximate surface area is 174 Å². The van der Waals surface area contributed by atoms with Crippen molar-refractivity contribution < 1.29 is 14.3 Å². The van der Waals surface area contributed by atoms with Crippen molar-refractivity contribution in [3.8, 4) is 5.75 Å². The number of hydrogen-bond acceptors (Lipinski definition) is 3. The highest BCUT2D eigenvalue weighted by atomic mass is 35.5. The minimum Gasteiger partial charge on any atom is -0.494 e. The van der Waals surface area contributed by atoms with E-state index in [-0.39, 0.29) is 11.8 Å². The SMILES string of the molecule is CCOc1ccc(N2C(=O)/C(=C\c3ccc(Cl)cc3)c3ccccc3C2=O)cc1. The first-order valence-electron chi connectivity index (χ1n) is 9.27. The van der Waals surface area contributed by atoms with Gasteiger partial charge in [0.25, 0.3) is 11.8 Å². The van der Waals surface area contributed by atoms with Crippen molar-refractivity contribution in [2.75, 3.05) is 11.5 Å². The number of imide groups is 1. The zero-order valence-electron chi connectivity index (χ0n) is 15.8. The van der Waals surface area contributed by atoms with Crippen LogP contribution in [-0.4, -0.2) is 18.4 Å². The standard InChI is InChI=1S/C24H18ClNO3/c1-2-29-19-13-11-18(12-14-19)26-23(27)21-6-4-3-5-20(21)22(24(26)28)15-16-7-9-17(25)10-8-16/h3-15H,2H2,1H3/b22-15-. The molecule has 0 fully saturated rings. The van der Waals surface area contributed by atoms with E-state index in [1.807, 2.05) is 25.1 Å². The number of anilines is 1. The van der Waals surface area contributed by atoms with Crippen LogP contribution >= 0.6 is 11.6 Å². The van der Waals surface area contributed by atoms with Crippen molar-refractivity contribution in [1.82, 2.24) is 0 Å². The molecule has 5 heteroatoms. The predicted octanol–water partition coefficient (Wildman–Crippen LogP) is 5.47. The Kier molecular flexibility index (Phi) is 5.19. The van der Waals surface area contributed by atoms with Crippen LogP contribution in [0.2, 0.25) is 5.02 Å². The van der Waals surface area contributed by atoms with E-state index in [2.05, 4.69) is 0 Å². The van der Waals surface area contributed by atoms with E-state index in [0.29, 0.717) is 39.8 Å². The molecule has 0 bridgehead atoms. The number of hydrogen-bond donors (Lipinski definition) is 0. The van der Waals surface area contributed by atoms with Crippen LogP contribution in [0.5, 0.6) is 5.75 Å². The predicted molar refractivity (Wildman–Crippen MR) is 115 cm³/mol. The number of benzene rings is 3. The quantitative estimate of drug-likeness (QED) is 0.429. The third-order valence-corrected chi connectivity index (χ3v) is 4.92. The molecule has 2 amide bonds. The Hall–Kier alpha value is -3.37. The highest BCUT2D eigenvalue weighted by Crippen LogP contribution is 2.34. The first-order chi connectivity index (χ1) is 14.1. The maximum Gasteiger partial charge on any atom is 0.265 e. The molecular weight excluding hydrogens is 386 g/mol. The van der Waals surface area contributed by atoms with E-state index in [0.717, 1.165) is 5.56 Å². The summed E-state index contributed by atoms with van der Waals surface area (Å²) in [5, 5.41) is 0.619. The van der Waals surface area contributed by atoms with Crippen LogP contribution in [0.1, 0.15) is 28.4 Å². The van der Waals surface area contributed by atoms with Crippen molar-refractivity contribution in [3.63, 3.8) is 0 Å². The molecule has 0 N–H and O–H groups in total. The van der Waals surface area contributed by atoms with Gasteiger partial charge in [0.2, 0.25) is 0 Å². The molecular formula is C24H18ClNO3. The third-order valence-electron chi connectivity index (χ3n) is 4.67. The lowest BCUT2D eigenvalue weighted by Crippen LogP contribution is -2.41. The normalized spacial score (nSPS) is 14.8. The fraction of sp³-hybridized carbons (Fsp3) is 0.0833. The lowest BCUT2D eigenvalue weighted by molar-refractivity contribution is -0.112. The van der Waals surface area contributed by atoms with Gasteiger partial charge in [0, 0.05) is 16.2 Å². The van der Waals surface area contributed by atoms with Crippen LogP contribution in [0, 0.1) is 0 Å². The molecule has 0 aromatic heterocycles. The molecule has 0 saturated carbocycles. The summed E-state index contributed by atoms with van der Waals surface area (Å²) in [6.07, 6.45) is 1.78. The van der Waals surface area contributed by atoms with Crippen molar-refractivity contribution in [3.05, 3.63) is 94.5 Å². The molecule has 0 radical (unpaired) electrons. The second kappa shape index (κ2) is 7.94. The first-order valence-corrected chi connectivity index (χ1v) is 9.64. The molecule has 1 heterocycles. The largest absolute Gasteiger partial charge is 0.494 e. The molecule has 1 aliphatic heterocycles. The minimum atomic E-state index is -0.368. The zero-order chi connectivity index (χ0) is 20.4. The molecule has 0 atom stereocenters. The number of nitrogens with zero attached hydrogens (tertiary/aromatic N) is 1. The second-order valence-corrected chi connectivity index (χ2v) is 6.96. The van der Waals surface area contributed by atoms with E-state index in [1.54, 1.807) is 60.7 Å². The van der Waals surface area contributed by atoms with Gasteiger partial charge in [0.05, 0.1) is 12.3 Å². The number of halogens is 1. The van der Waals surface area contributed by atoms with Gasteiger partial charge in [0.15, 0.2) is 0 Å². The number of amides is 2. The van der Waals surface area contributed by atoms with Crippen LogP contribution in [-0.2, 0) is 4.79 Å². The van der Waals surface area contributed by atoms with Gasteiger partial charge in [-0.2, -0.15) is 0 Å². The molecule has 1 aliphatic rings. The Morgan fingerprint density at radius 2 is 1.52 bits per heavy atom. The van der Waals surface area contributed by atoms with Gasteiger partial charge in [-0.05, 0) is 66.6 Å². The van der Waals surface area contributed by atoms with Gasteiger partial charge >= 0.3 is 0 Å². The Morgan fingerprint density at radius 1 is 0.862 bits per heavy atom. The fourth-order valence-corrected chi connectivity index (χ4v) is 3.44. The lowest BCUT2D eigenvalue weighted by Gasteiger charge is -2.28. The average Bonchev–Trinajstić information content (AvgIpc) is 2.74. The number of rotatable bonds is 4. The molecule has 0 aliphatic carbocycles. The van der Waals surface area contributed by atoms with E-state index in [1.165, 1.54) is 4.90 Å². The second-order valence-electron chi connectivity index (χ2n) is 6.53. The molecule has 4 nitrogen and oxygen atoms in total. The Balaban J connectivity index is 1.81. The van der Waals surface area contributed by atoms with Crippen molar-refractivity contribution in [2.24, 2.45) is 0 Å². The van der Waals surface area contributed by atoms with Crippen LogP contribution in [0.4, 0.5) is 5.69 Å². The van der Waals surface area contributed by atoms with E-state index >= 15 is 0 Å². The maximum atomic E-state index is 13.4. The topological polar surface area (TPSA) is 46.6 Å². The summed E-state index contributed by atoms with van der Waals surface area (Å²) in [6.45, 7) is 2.44. The van der Waals surface area contributed by atoms with Crippen molar-refractivity contribution in [2.45, 2.75) is 6.92 Å². The number of carbonyl (C=O) groups excluding carboxylic acids is 2. The summed E-state index contributed by atoms with van der Waals surface area (Å²) >= 11 is 5.97. The van der Waals surface area contributed by atoms with Crippen LogP contribution in [0.3, 0.4) is 0 Å². The average molecular weight is 404 g/mol. The van der Waals surface area contributed by atoms with E-state index in [9.17, 15) is 9.59 Å². The summed E-state index contributed by atoms with van der Waals surface area (Å²) in [5.74, 6) is -0.0266. The molecule has 144 valence electrons. The molecule has 29 heavy (non-hydrogen) atoms. The lowest BCUT2D eigenvalue weighted by atomic mass is 9.91. The Morgan fingerprint density at radius 3 is 2.17 bits per heavy atom. The molecule has 0 spiro atoms. The maximum absolute atomic E-state index is 13.4. The monoisotopic (exact) mass is 403 g/mol. The van der Waals surface area contributed by atoms with Gasteiger partial charge in [-0.25, -0.2) is 4.90 Å². The highest BCUT2D eigenvalue weighted by Gasteiger charge is 2.35. The van der Waals surface area contributed by atoms with Crippen LogP contribution in [0.15, 0.2) is 72.8 Å². The minimum absolute atomic E-state index is 0.344. The molecule has 3 aromatic carbocycles. The molecule has 3 aromatic rings. The zero-order valence-corrected chi connectivity index (χ0v) is 16.5. The number of carbonyl (C=O) groups is 2. The van der Waals surface area contributed by atoms with Gasteiger partial charge in [-0.15, -0.1) is 0 Å². The van der Waals surface area contributed by atoms with Gasteiger partial charge in [-0.3, -0.25) is 9.59 Å². The van der Waals surface area contributed by atoms with Crippen molar-refractivity contribution >= 4 is 40.8 Å². The summed E-state index contributed by atoms with van der Waals surface area (Å²) in [4.78, 5) is 27.7. The molecule has 0 unspecified atom stereocenters. The number of ether oxygens (including phenoxy) is 1. The summed E-state index contributed by atoms with van der Waals surface area (Å²) in [6, 6.07) is 21.3. The van der Waals surface area contributed by atoms with Gasteiger partial charge < -0.3 is 4.74 Å². The summed E-state index contributed by atoms with van der Waals surface area (Å²) in [5.41, 5.74) is 2.89. The van der Waals surface area contributed by atoms with Crippen LogP contribution in [0.25, 0.3) is 11.6 Å². The van der Waals surface area contributed by atoms with Gasteiger partial charge in [-0.1, -0.05) is 41.9 Å². The Bertz CT molecular complexity index is 1100. The highest BCUT2D eigenvalue weighted by molar-refractivity contribution is 6.43. The molecule has 4 rings (SSSR count). The summed E-state index contributed by atoms with van der Waals surface area (Å²) in [7, 11) is 0. The van der Waals surface area contributed by atoms with Crippen molar-refractivity contribution in [1.29, 1.82) is 0 Å². The van der Waals surface area contributed by atoms with E-state index < -0.39 is 0 Å². The molecule has 0 saturated heterocycles. The fourth-order valence-electron chi connectivity index (χ4n) is 3.31.